The van der Waals surface area contributed by atoms with Gasteiger partial charge in [0.2, 0.25) is 11.8 Å². The molecule has 0 bridgehead atoms. The number of nitrogens with zero attached hydrogens (tertiary/aromatic N) is 5. The normalized spacial score (nSPS) is 25.6. The molecule has 1 saturated carbocycles. The molecule has 1 unspecified atom stereocenters. The van der Waals surface area contributed by atoms with Crippen molar-refractivity contribution < 1.29 is 23.5 Å². The van der Waals surface area contributed by atoms with Gasteiger partial charge in [-0.1, -0.05) is 17.7 Å². The first-order valence-electron chi connectivity index (χ1n) is 19.5. The lowest BCUT2D eigenvalue weighted by molar-refractivity contribution is -0.136. The summed E-state index contributed by atoms with van der Waals surface area (Å²) in [4.78, 5) is 43.7. The van der Waals surface area contributed by atoms with Crippen molar-refractivity contribution in [2.45, 2.75) is 94.9 Å². The van der Waals surface area contributed by atoms with Crippen molar-refractivity contribution in [3.63, 3.8) is 0 Å². The molecule has 284 valence electrons. The summed E-state index contributed by atoms with van der Waals surface area (Å²) in [6, 6.07) is 10.5. The molecule has 0 spiro atoms. The van der Waals surface area contributed by atoms with E-state index < -0.39 is 23.7 Å². The number of carbonyl (C=O) groups is 3. The minimum atomic E-state index is -0.748. The molecule has 1 aliphatic carbocycles. The van der Waals surface area contributed by atoms with E-state index in [0.29, 0.717) is 33.9 Å². The smallest absolute Gasteiger partial charge is 0.258 e. The summed E-state index contributed by atoms with van der Waals surface area (Å²) in [7, 11) is 0. The molecule has 0 radical (unpaired) electrons. The van der Waals surface area contributed by atoms with E-state index in [1.165, 1.54) is 16.8 Å². The third-order valence-corrected chi connectivity index (χ3v) is 12.6. The van der Waals surface area contributed by atoms with Crippen LogP contribution in [0.5, 0.6) is 5.75 Å². The van der Waals surface area contributed by atoms with E-state index >= 15 is 4.39 Å². The van der Waals surface area contributed by atoms with Crippen molar-refractivity contribution in [3.05, 3.63) is 87.6 Å². The minimum absolute atomic E-state index is 0.0651. The molecule has 3 saturated heterocycles. The van der Waals surface area contributed by atoms with Crippen LogP contribution in [0.3, 0.4) is 0 Å². The standard InChI is InChI=1S/C41H47ClFN7O4/c42-34-22-33(6-3-28(34)23-44)54-32-7-4-31(5-8-32)50-38(2-1-15-45-50)48-18-11-26(12-19-48)24-47-16-13-27(14-17-47)29-20-30-25-49(41(53)39(30)35(43)21-29)36-9-10-37(51)46-40(36)52/h1-3,6,15,20-22,26-27,31-32,36,45H,4-5,7-14,16-19,24-25H2,(H,46,51,52). The fourth-order valence-electron chi connectivity index (χ4n) is 9.30. The third kappa shape index (κ3) is 7.53. The lowest BCUT2D eigenvalue weighted by atomic mass is 9.87. The summed E-state index contributed by atoms with van der Waals surface area (Å²) in [5, 5.41) is 14.2. The maximum atomic E-state index is 15.4. The van der Waals surface area contributed by atoms with Crippen molar-refractivity contribution in [3.8, 4) is 11.8 Å². The number of piperidine rings is 3. The monoisotopic (exact) mass is 755 g/mol. The molecule has 1 atom stereocenters. The Labute approximate surface area is 320 Å². The molecule has 4 fully saturated rings. The van der Waals surface area contributed by atoms with Crippen LogP contribution in [0.4, 0.5) is 4.39 Å². The topological polar surface area (TPSA) is 121 Å². The van der Waals surface area contributed by atoms with Crippen molar-refractivity contribution in [2.24, 2.45) is 5.92 Å². The number of imide groups is 1. The zero-order valence-electron chi connectivity index (χ0n) is 30.4. The second kappa shape index (κ2) is 15.6. The number of halogens is 2. The van der Waals surface area contributed by atoms with E-state index in [9.17, 15) is 14.4 Å². The summed E-state index contributed by atoms with van der Waals surface area (Å²) < 4.78 is 21.7. The maximum absolute atomic E-state index is 15.4. The van der Waals surface area contributed by atoms with Crippen molar-refractivity contribution in [1.29, 1.82) is 5.26 Å². The third-order valence-electron chi connectivity index (χ3n) is 12.3. The Hall–Kier alpha value is -4.60. The van der Waals surface area contributed by atoms with Crippen LogP contribution in [0.25, 0.3) is 0 Å². The number of fused-ring (bicyclic) bond motifs is 1. The van der Waals surface area contributed by atoms with Crippen LogP contribution >= 0.6 is 11.6 Å². The number of hydrazine groups is 1. The molecule has 8 rings (SSSR count). The lowest BCUT2D eigenvalue weighted by Crippen LogP contribution is -2.52. The number of allylic oxidation sites excluding steroid dienone is 2. The molecule has 13 heteroatoms. The fourth-order valence-corrected chi connectivity index (χ4v) is 9.52. The number of hydrogen-bond donors (Lipinski definition) is 2. The summed E-state index contributed by atoms with van der Waals surface area (Å²) in [5.41, 5.74) is 5.62. The maximum Gasteiger partial charge on any atom is 0.258 e. The first kappa shape index (κ1) is 36.4. The van der Waals surface area contributed by atoms with Crippen molar-refractivity contribution in [1.82, 2.24) is 30.5 Å². The van der Waals surface area contributed by atoms with Crippen LogP contribution in [0.15, 0.2) is 54.5 Å². The Kier molecular flexibility index (Phi) is 10.5. The van der Waals surface area contributed by atoms with Crippen LogP contribution in [-0.4, -0.2) is 88.3 Å². The van der Waals surface area contributed by atoms with Gasteiger partial charge in [-0.2, -0.15) is 5.26 Å². The minimum Gasteiger partial charge on any atom is -0.490 e. The average molecular weight is 756 g/mol. The highest BCUT2D eigenvalue weighted by Gasteiger charge is 2.41. The van der Waals surface area contributed by atoms with Crippen molar-refractivity contribution in [2.75, 3.05) is 32.7 Å². The number of amides is 3. The van der Waals surface area contributed by atoms with E-state index in [4.69, 9.17) is 21.6 Å². The largest absolute Gasteiger partial charge is 0.490 e. The van der Waals surface area contributed by atoms with Gasteiger partial charge in [-0.15, -0.1) is 0 Å². The number of nitrogens with one attached hydrogen (secondary N) is 2. The summed E-state index contributed by atoms with van der Waals surface area (Å²) in [6.45, 7) is 5.22. The molecule has 54 heavy (non-hydrogen) atoms. The van der Waals surface area contributed by atoms with Crippen LogP contribution in [0.1, 0.15) is 97.2 Å². The summed E-state index contributed by atoms with van der Waals surface area (Å²) >= 11 is 6.22. The van der Waals surface area contributed by atoms with Gasteiger partial charge in [-0.25, -0.2) is 4.39 Å². The van der Waals surface area contributed by atoms with Crippen LogP contribution < -0.4 is 15.5 Å². The number of carbonyl (C=O) groups excluding carboxylic acids is 3. The van der Waals surface area contributed by atoms with E-state index in [-0.39, 0.29) is 42.9 Å². The second-order valence-electron chi connectivity index (χ2n) is 15.6. The van der Waals surface area contributed by atoms with Gasteiger partial charge in [0.1, 0.15) is 29.5 Å². The highest BCUT2D eigenvalue weighted by Crippen LogP contribution is 2.37. The number of nitriles is 1. The number of likely N-dealkylation sites (tertiary alicyclic amines) is 2. The van der Waals surface area contributed by atoms with Crippen LogP contribution in [0.2, 0.25) is 5.02 Å². The van der Waals surface area contributed by atoms with Gasteiger partial charge < -0.3 is 24.9 Å². The first-order chi connectivity index (χ1) is 26.2. The molecule has 6 aliphatic rings. The molecular formula is C41H47ClFN7O4. The molecule has 11 nitrogen and oxygen atoms in total. The van der Waals surface area contributed by atoms with Gasteiger partial charge in [-0.3, -0.25) is 24.7 Å². The molecule has 5 heterocycles. The van der Waals surface area contributed by atoms with E-state index in [0.717, 1.165) is 89.7 Å². The molecule has 0 aromatic heterocycles. The van der Waals surface area contributed by atoms with Gasteiger partial charge in [0.25, 0.3) is 5.91 Å². The van der Waals surface area contributed by atoms with E-state index in [1.54, 1.807) is 12.1 Å². The Balaban J connectivity index is 0.794. The molecule has 2 aromatic carbocycles. The predicted molar refractivity (Wildman–Crippen MR) is 200 cm³/mol. The predicted octanol–water partition coefficient (Wildman–Crippen LogP) is 5.57. The van der Waals surface area contributed by atoms with Crippen LogP contribution in [-0.2, 0) is 16.1 Å². The van der Waals surface area contributed by atoms with Crippen LogP contribution in [0, 0.1) is 23.1 Å². The Morgan fingerprint density at radius 3 is 2.44 bits per heavy atom. The molecule has 3 amide bonds. The van der Waals surface area contributed by atoms with Gasteiger partial charge in [0.15, 0.2) is 0 Å². The van der Waals surface area contributed by atoms with Crippen molar-refractivity contribution >= 4 is 29.3 Å². The number of hydrogen-bond acceptors (Lipinski definition) is 9. The Morgan fingerprint density at radius 2 is 1.72 bits per heavy atom. The SMILES string of the molecule is N#Cc1ccc(OC2CCC(N3NC=CC=C3N3CCC(CN4CCC(c5cc(F)c6c(c5)CN(C5CCC(=O)NC5=O)C6=O)CC4)CC3)CC2)cc1Cl. The zero-order chi connectivity index (χ0) is 37.3. The van der Waals surface area contributed by atoms with E-state index in [2.05, 4.69) is 43.8 Å². The average Bonchev–Trinajstić information content (AvgIpc) is 3.51. The fraction of sp³-hybridized carbons (Fsp3) is 0.512. The number of benzene rings is 2. The quantitative estimate of drug-likeness (QED) is 0.334. The number of ether oxygens (including phenoxy) is 1. The molecule has 5 aliphatic heterocycles. The second-order valence-corrected chi connectivity index (χ2v) is 16.0. The van der Waals surface area contributed by atoms with Gasteiger partial charge >= 0.3 is 0 Å². The molecular weight excluding hydrogens is 709 g/mol. The molecule has 2 aromatic rings. The summed E-state index contributed by atoms with van der Waals surface area (Å²) in [6.07, 6.45) is 14.9. The lowest BCUT2D eigenvalue weighted by Gasteiger charge is -2.46. The highest BCUT2D eigenvalue weighted by atomic mass is 35.5. The van der Waals surface area contributed by atoms with E-state index in [1.807, 2.05) is 18.3 Å². The summed E-state index contributed by atoms with van der Waals surface area (Å²) in [5.74, 6) is 1.00. The van der Waals surface area contributed by atoms with Gasteiger partial charge in [-0.05, 0) is 124 Å². The first-order valence-corrected chi connectivity index (χ1v) is 19.8. The Morgan fingerprint density at radius 1 is 0.944 bits per heavy atom. The van der Waals surface area contributed by atoms with Gasteiger partial charge in [0.05, 0.1) is 28.3 Å². The van der Waals surface area contributed by atoms with Gasteiger partial charge in [0, 0.05) is 44.9 Å². The number of rotatable bonds is 8. The zero-order valence-corrected chi connectivity index (χ0v) is 31.2. The highest BCUT2D eigenvalue weighted by molar-refractivity contribution is 6.31. The Bertz CT molecular complexity index is 1890. The molecule has 2 N–H and O–H groups in total.